The molecule has 3 nitrogen and oxygen atoms in total. The molecule has 0 saturated heterocycles. The Hall–Kier alpha value is -1.22. The Morgan fingerprint density at radius 1 is 1.36 bits per heavy atom. The fourth-order valence-electron chi connectivity index (χ4n) is 1.53. The quantitative estimate of drug-likeness (QED) is 0.794. The Morgan fingerprint density at radius 2 is 2.14 bits per heavy atom. The summed E-state index contributed by atoms with van der Waals surface area (Å²) in [7, 11) is 0. The molecule has 0 spiro atoms. The molecule has 0 fully saturated rings. The monoisotopic (exact) mass is 194 g/mol. The highest BCUT2D eigenvalue weighted by molar-refractivity contribution is 5.44. The summed E-state index contributed by atoms with van der Waals surface area (Å²) in [5.41, 5.74) is 1.18. The molecule has 0 radical (unpaired) electrons. The van der Waals surface area contributed by atoms with Gasteiger partial charge in [-0.05, 0) is 30.0 Å². The molecule has 0 aromatic heterocycles. The average molecular weight is 194 g/mol. The molecule has 1 aliphatic rings. The molecule has 0 saturated carbocycles. The van der Waals surface area contributed by atoms with Crippen LogP contribution in [0.25, 0.3) is 0 Å². The third-order valence-electron chi connectivity index (χ3n) is 2.33. The second-order valence-corrected chi connectivity index (χ2v) is 3.68. The van der Waals surface area contributed by atoms with Crippen molar-refractivity contribution in [3.63, 3.8) is 0 Å². The molecule has 0 amide bonds. The van der Waals surface area contributed by atoms with Crippen molar-refractivity contribution in [3.8, 4) is 11.5 Å². The van der Waals surface area contributed by atoms with Gasteiger partial charge in [-0.25, -0.2) is 0 Å². The van der Waals surface area contributed by atoms with E-state index in [-0.39, 0.29) is 12.5 Å². The SMILES string of the molecule is CC(CO)Cc1ccc2c(c1)OCO2. The van der Waals surface area contributed by atoms with Crippen molar-refractivity contribution in [2.45, 2.75) is 13.3 Å². The first-order valence-corrected chi connectivity index (χ1v) is 4.79. The first kappa shape index (κ1) is 9.34. The van der Waals surface area contributed by atoms with Crippen molar-refractivity contribution in [2.24, 2.45) is 5.92 Å². The lowest BCUT2D eigenvalue weighted by molar-refractivity contribution is 0.174. The average Bonchev–Trinajstić information content (AvgIpc) is 2.64. The third kappa shape index (κ3) is 1.82. The highest BCUT2D eigenvalue weighted by Crippen LogP contribution is 2.32. The minimum Gasteiger partial charge on any atom is -0.454 e. The van der Waals surface area contributed by atoms with Gasteiger partial charge in [0.25, 0.3) is 0 Å². The number of benzene rings is 1. The van der Waals surface area contributed by atoms with E-state index in [1.165, 1.54) is 5.56 Å². The normalized spacial score (nSPS) is 15.6. The summed E-state index contributed by atoms with van der Waals surface area (Å²) in [5.74, 6) is 1.91. The second-order valence-electron chi connectivity index (χ2n) is 3.68. The van der Waals surface area contributed by atoms with E-state index in [2.05, 4.69) is 0 Å². The van der Waals surface area contributed by atoms with Gasteiger partial charge >= 0.3 is 0 Å². The Bertz CT molecular complexity index is 322. The summed E-state index contributed by atoms with van der Waals surface area (Å²) in [6.07, 6.45) is 0.868. The van der Waals surface area contributed by atoms with Crippen LogP contribution < -0.4 is 9.47 Å². The zero-order chi connectivity index (χ0) is 9.97. The van der Waals surface area contributed by atoms with Gasteiger partial charge in [-0.2, -0.15) is 0 Å². The number of hydrogen-bond donors (Lipinski definition) is 1. The third-order valence-corrected chi connectivity index (χ3v) is 2.33. The van der Waals surface area contributed by atoms with Crippen LogP contribution in [0, 0.1) is 5.92 Å². The summed E-state index contributed by atoms with van der Waals surface area (Å²) in [4.78, 5) is 0. The highest BCUT2D eigenvalue weighted by atomic mass is 16.7. The van der Waals surface area contributed by atoms with Gasteiger partial charge in [0.15, 0.2) is 11.5 Å². The predicted molar refractivity (Wildman–Crippen MR) is 52.5 cm³/mol. The van der Waals surface area contributed by atoms with Crippen molar-refractivity contribution in [1.29, 1.82) is 0 Å². The summed E-state index contributed by atoms with van der Waals surface area (Å²) in [5, 5.41) is 8.93. The topological polar surface area (TPSA) is 38.7 Å². The van der Waals surface area contributed by atoms with E-state index >= 15 is 0 Å². The van der Waals surface area contributed by atoms with E-state index in [1.54, 1.807) is 0 Å². The van der Waals surface area contributed by atoms with Gasteiger partial charge < -0.3 is 14.6 Å². The Labute approximate surface area is 83.3 Å². The molecule has 2 rings (SSSR count). The molecule has 1 unspecified atom stereocenters. The van der Waals surface area contributed by atoms with E-state index in [9.17, 15) is 0 Å². The minimum absolute atomic E-state index is 0.217. The van der Waals surface area contributed by atoms with E-state index in [1.807, 2.05) is 25.1 Å². The maximum absolute atomic E-state index is 8.93. The smallest absolute Gasteiger partial charge is 0.231 e. The molecule has 1 heterocycles. The number of aliphatic hydroxyl groups is 1. The molecule has 1 aliphatic heterocycles. The van der Waals surface area contributed by atoms with Crippen LogP contribution in [0.15, 0.2) is 18.2 Å². The van der Waals surface area contributed by atoms with E-state index in [0.717, 1.165) is 17.9 Å². The van der Waals surface area contributed by atoms with Gasteiger partial charge in [0.05, 0.1) is 0 Å². The second kappa shape index (κ2) is 3.88. The Kier molecular flexibility index (Phi) is 2.59. The summed E-state index contributed by atoms with van der Waals surface area (Å²) in [6.45, 7) is 2.55. The molecule has 1 aromatic rings. The zero-order valence-corrected chi connectivity index (χ0v) is 8.19. The first-order chi connectivity index (χ1) is 6.79. The molecule has 1 atom stereocenters. The molecule has 76 valence electrons. The van der Waals surface area contributed by atoms with Gasteiger partial charge in [-0.1, -0.05) is 13.0 Å². The maximum Gasteiger partial charge on any atom is 0.231 e. The van der Waals surface area contributed by atoms with Crippen LogP contribution in [0.3, 0.4) is 0 Å². The zero-order valence-electron chi connectivity index (χ0n) is 8.19. The minimum atomic E-state index is 0.217. The van der Waals surface area contributed by atoms with Crippen molar-refractivity contribution in [1.82, 2.24) is 0 Å². The van der Waals surface area contributed by atoms with E-state index in [4.69, 9.17) is 14.6 Å². The fourth-order valence-corrected chi connectivity index (χ4v) is 1.53. The van der Waals surface area contributed by atoms with Gasteiger partial charge in [0.2, 0.25) is 6.79 Å². The molecular weight excluding hydrogens is 180 g/mol. The number of hydrogen-bond acceptors (Lipinski definition) is 3. The van der Waals surface area contributed by atoms with Crippen molar-refractivity contribution in [3.05, 3.63) is 23.8 Å². The van der Waals surface area contributed by atoms with Crippen LogP contribution in [0.4, 0.5) is 0 Å². The summed E-state index contributed by atoms with van der Waals surface area (Å²) >= 11 is 0. The van der Waals surface area contributed by atoms with Crippen LogP contribution in [0.5, 0.6) is 11.5 Å². The van der Waals surface area contributed by atoms with Crippen LogP contribution in [0.1, 0.15) is 12.5 Å². The summed E-state index contributed by atoms with van der Waals surface area (Å²) in [6, 6.07) is 5.91. The predicted octanol–water partition coefficient (Wildman–Crippen LogP) is 1.59. The van der Waals surface area contributed by atoms with Gasteiger partial charge in [0, 0.05) is 6.61 Å². The largest absolute Gasteiger partial charge is 0.454 e. The molecule has 1 N–H and O–H groups in total. The number of ether oxygens (including phenoxy) is 2. The fraction of sp³-hybridized carbons (Fsp3) is 0.455. The van der Waals surface area contributed by atoms with E-state index in [0.29, 0.717) is 6.79 Å². The number of fused-ring (bicyclic) bond motifs is 1. The van der Waals surface area contributed by atoms with Gasteiger partial charge in [-0.3, -0.25) is 0 Å². The molecule has 0 bridgehead atoms. The molecule has 3 heteroatoms. The summed E-state index contributed by atoms with van der Waals surface area (Å²) < 4.78 is 10.5. The van der Waals surface area contributed by atoms with Crippen molar-refractivity contribution in [2.75, 3.05) is 13.4 Å². The van der Waals surface area contributed by atoms with E-state index < -0.39 is 0 Å². The van der Waals surface area contributed by atoms with Crippen molar-refractivity contribution < 1.29 is 14.6 Å². The lowest BCUT2D eigenvalue weighted by Crippen LogP contribution is -2.04. The number of rotatable bonds is 3. The number of aliphatic hydroxyl groups excluding tert-OH is 1. The maximum atomic E-state index is 8.93. The molecule has 1 aromatic carbocycles. The van der Waals surface area contributed by atoms with Crippen LogP contribution in [-0.2, 0) is 6.42 Å². The molecule has 14 heavy (non-hydrogen) atoms. The van der Waals surface area contributed by atoms with Gasteiger partial charge in [0.1, 0.15) is 0 Å². The Morgan fingerprint density at radius 3 is 2.93 bits per heavy atom. The lowest BCUT2D eigenvalue weighted by atomic mass is 10.0. The van der Waals surface area contributed by atoms with Crippen LogP contribution in [0.2, 0.25) is 0 Å². The Balaban J connectivity index is 2.12. The first-order valence-electron chi connectivity index (χ1n) is 4.79. The standard InChI is InChI=1S/C11H14O3/c1-8(6-12)4-9-2-3-10-11(5-9)14-7-13-10/h2-3,5,8,12H,4,6-7H2,1H3. The highest BCUT2D eigenvalue weighted by Gasteiger charge is 2.13. The van der Waals surface area contributed by atoms with Crippen LogP contribution in [-0.4, -0.2) is 18.5 Å². The molecule has 0 aliphatic carbocycles. The lowest BCUT2D eigenvalue weighted by Gasteiger charge is -2.07. The van der Waals surface area contributed by atoms with Crippen LogP contribution >= 0.6 is 0 Å². The van der Waals surface area contributed by atoms with Crippen molar-refractivity contribution >= 4 is 0 Å². The van der Waals surface area contributed by atoms with Gasteiger partial charge in [-0.15, -0.1) is 0 Å². The molecular formula is C11H14O3.